The molecule has 0 aliphatic heterocycles. The van der Waals surface area contributed by atoms with Gasteiger partial charge < -0.3 is 4.43 Å². The molecule has 0 fully saturated rings. The molecule has 0 unspecified atom stereocenters. The van der Waals surface area contributed by atoms with Gasteiger partial charge in [-0.3, -0.25) is 0 Å². The Labute approximate surface area is 78.0 Å². The molecule has 0 radical (unpaired) electrons. The summed E-state index contributed by atoms with van der Waals surface area (Å²) in [6.45, 7) is 4.42. The average Bonchev–Trinajstić information content (AvgIpc) is 2.62. The average molecular weight is 182 g/mol. The molecule has 1 rings (SSSR count). The molecule has 0 spiro atoms. The van der Waals surface area contributed by atoms with Gasteiger partial charge in [-0.2, -0.15) is 0 Å². The third-order valence-corrected chi connectivity index (χ3v) is 3.67. The summed E-state index contributed by atoms with van der Waals surface area (Å²) < 4.78 is 5.75. The van der Waals surface area contributed by atoms with E-state index in [4.69, 9.17) is 4.43 Å². The van der Waals surface area contributed by atoms with Gasteiger partial charge in [0, 0.05) is 0 Å². The maximum atomic E-state index is 5.75. The van der Waals surface area contributed by atoms with Crippen LogP contribution >= 0.6 is 0 Å². The van der Waals surface area contributed by atoms with Gasteiger partial charge in [0.25, 0.3) is 0 Å². The summed E-state index contributed by atoms with van der Waals surface area (Å²) >= 11 is 0. The summed E-state index contributed by atoms with van der Waals surface area (Å²) in [4.78, 5) is 0. The molecular formula is C10H18OSi. The van der Waals surface area contributed by atoms with E-state index in [0.717, 1.165) is 29.7 Å². The van der Waals surface area contributed by atoms with Crippen LogP contribution in [0.5, 0.6) is 0 Å². The molecule has 1 aliphatic rings. The Hall–Kier alpha value is -0.343. The summed E-state index contributed by atoms with van der Waals surface area (Å²) in [7, 11) is 0.832. The first kappa shape index (κ1) is 9.74. The van der Waals surface area contributed by atoms with Gasteiger partial charge >= 0.3 is 0 Å². The molecule has 1 aliphatic carbocycles. The quantitative estimate of drug-likeness (QED) is 0.602. The van der Waals surface area contributed by atoms with Crippen LogP contribution < -0.4 is 0 Å². The molecule has 0 amide bonds. The van der Waals surface area contributed by atoms with Crippen molar-refractivity contribution in [1.82, 2.24) is 0 Å². The molecule has 0 aromatic heterocycles. The lowest BCUT2D eigenvalue weighted by Gasteiger charge is -2.32. The predicted molar refractivity (Wildman–Crippen MR) is 56.2 cm³/mol. The van der Waals surface area contributed by atoms with E-state index < -0.39 is 0 Å². The largest absolute Gasteiger partial charge is 0.419 e. The van der Waals surface area contributed by atoms with Crippen molar-refractivity contribution < 1.29 is 4.43 Å². The maximum Gasteiger partial charge on any atom is 0.147 e. The first-order chi connectivity index (χ1) is 5.79. The van der Waals surface area contributed by atoms with Crippen molar-refractivity contribution in [3.8, 4) is 0 Å². The zero-order valence-electron chi connectivity index (χ0n) is 8.26. The second kappa shape index (κ2) is 4.05. The molecule has 68 valence electrons. The number of rotatable bonds is 4. The Kier molecular flexibility index (Phi) is 3.29. The van der Waals surface area contributed by atoms with Crippen molar-refractivity contribution in [1.29, 1.82) is 0 Å². The third kappa shape index (κ3) is 1.54. The maximum absolute atomic E-state index is 5.75. The van der Waals surface area contributed by atoms with Gasteiger partial charge in [-0.05, 0) is 24.8 Å². The summed E-state index contributed by atoms with van der Waals surface area (Å²) in [5.41, 5.74) is 1.53. The molecule has 0 heterocycles. The number of hydrogen-bond donors (Lipinski definition) is 0. The van der Waals surface area contributed by atoms with Crippen molar-refractivity contribution in [2.75, 3.05) is 0 Å². The molecule has 0 saturated heterocycles. The molecule has 0 saturated carbocycles. The first-order valence-corrected chi connectivity index (χ1v) is 5.52. The Morgan fingerprint density at radius 2 is 2.17 bits per heavy atom. The van der Waals surface area contributed by atoms with Crippen LogP contribution in [0.25, 0.3) is 0 Å². The minimum atomic E-state index is 0.0652. The van der Waals surface area contributed by atoms with Crippen molar-refractivity contribution >= 4 is 10.5 Å². The Morgan fingerprint density at radius 1 is 1.50 bits per heavy atom. The van der Waals surface area contributed by atoms with E-state index in [0.29, 0.717) is 0 Å². The van der Waals surface area contributed by atoms with Gasteiger partial charge in [-0.1, -0.05) is 32.1 Å². The summed E-state index contributed by atoms with van der Waals surface area (Å²) in [5, 5.41) is 0. The molecule has 12 heavy (non-hydrogen) atoms. The van der Waals surface area contributed by atoms with Gasteiger partial charge in [0.2, 0.25) is 0 Å². The highest BCUT2D eigenvalue weighted by Crippen LogP contribution is 2.33. The van der Waals surface area contributed by atoms with Crippen molar-refractivity contribution in [2.24, 2.45) is 0 Å². The third-order valence-electron chi connectivity index (χ3n) is 2.89. The second-order valence-corrected chi connectivity index (χ2v) is 3.64. The molecule has 0 bridgehead atoms. The molecule has 1 nitrogen and oxygen atoms in total. The Morgan fingerprint density at radius 3 is 2.50 bits per heavy atom. The Bertz CT molecular complexity index is 194. The van der Waals surface area contributed by atoms with Crippen molar-refractivity contribution in [3.05, 3.63) is 23.8 Å². The lowest BCUT2D eigenvalue weighted by molar-refractivity contribution is 0.110. The molecule has 2 heteroatoms. The van der Waals surface area contributed by atoms with Crippen LogP contribution in [0.15, 0.2) is 23.8 Å². The highest BCUT2D eigenvalue weighted by molar-refractivity contribution is 5.98. The van der Waals surface area contributed by atoms with Gasteiger partial charge in [-0.25, -0.2) is 0 Å². The normalized spacial score (nSPS) is 17.0. The molecule has 0 atom stereocenters. The fraction of sp³-hybridized carbons (Fsp3) is 0.600. The van der Waals surface area contributed by atoms with E-state index in [-0.39, 0.29) is 5.60 Å². The van der Waals surface area contributed by atoms with Crippen LogP contribution in [0, 0.1) is 0 Å². The van der Waals surface area contributed by atoms with Crippen LogP contribution in [0.2, 0.25) is 0 Å². The summed E-state index contributed by atoms with van der Waals surface area (Å²) in [6, 6.07) is 0. The Balaban J connectivity index is 2.77. The fourth-order valence-corrected chi connectivity index (χ4v) is 2.75. The van der Waals surface area contributed by atoms with Crippen LogP contribution in [0.4, 0.5) is 0 Å². The van der Waals surface area contributed by atoms with Gasteiger partial charge in [0.15, 0.2) is 0 Å². The number of hydrogen-bond acceptors (Lipinski definition) is 1. The van der Waals surface area contributed by atoms with Crippen molar-refractivity contribution in [2.45, 2.75) is 38.7 Å². The van der Waals surface area contributed by atoms with Gasteiger partial charge in [0.1, 0.15) is 10.5 Å². The SMILES string of the molecule is CCC(CC)(O[SiH3])C1=CC=CC1. The van der Waals surface area contributed by atoms with E-state index in [1.54, 1.807) is 0 Å². The van der Waals surface area contributed by atoms with Crippen LogP contribution in [0.3, 0.4) is 0 Å². The molecule has 0 aromatic rings. The van der Waals surface area contributed by atoms with E-state index >= 15 is 0 Å². The topological polar surface area (TPSA) is 9.23 Å². The summed E-state index contributed by atoms with van der Waals surface area (Å²) in [5.74, 6) is 0. The van der Waals surface area contributed by atoms with Crippen LogP contribution in [-0.2, 0) is 4.43 Å². The molecule has 0 N–H and O–H groups in total. The van der Waals surface area contributed by atoms with E-state index in [9.17, 15) is 0 Å². The highest BCUT2D eigenvalue weighted by Gasteiger charge is 2.29. The monoisotopic (exact) mass is 182 g/mol. The van der Waals surface area contributed by atoms with Crippen LogP contribution in [0.1, 0.15) is 33.1 Å². The van der Waals surface area contributed by atoms with Gasteiger partial charge in [-0.15, -0.1) is 0 Å². The minimum Gasteiger partial charge on any atom is -0.419 e. The second-order valence-electron chi connectivity index (χ2n) is 3.23. The van der Waals surface area contributed by atoms with Crippen LogP contribution in [-0.4, -0.2) is 16.1 Å². The predicted octanol–water partition coefficient (Wildman–Crippen LogP) is 1.73. The molecular weight excluding hydrogens is 164 g/mol. The fourth-order valence-electron chi connectivity index (χ4n) is 1.91. The van der Waals surface area contributed by atoms with E-state index in [2.05, 4.69) is 32.1 Å². The van der Waals surface area contributed by atoms with E-state index in [1.165, 1.54) is 5.57 Å². The zero-order valence-corrected chi connectivity index (χ0v) is 10.3. The zero-order chi connectivity index (χ0) is 9.03. The van der Waals surface area contributed by atoms with Gasteiger partial charge in [0.05, 0.1) is 5.60 Å². The molecule has 0 aromatic carbocycles. The minimum absolute atomic E-state index is 0.0652. The summed E-state index contributed by atoms with van der Waals surface area (Å²) in [6.07, 6.45) is 9.84. The lowest BCUT2D eigenvalue weighted by atomic mass is 9.88. The van der Waals surface area contributed by atoms with Crippen molar-refractivity contribution in [3.63, 3.8) is 0 Å². The lowest BCUT2D eigenvalue weighted by Crippen LogP contribution is -2.32. The van der Waals surface area contributed by atoms with E-state index in [1.807, 2.05) is 0 Å². The number of allylic oxidation sites excluding steroid dienone is 3. The highest BCUT2D eigenvalue weighted by atomic mass is 28.2. The standard InChI is InChI=1S/C10H18OSi/c1-3-10(4-2,11-12)9-7-5-6-8-9/h5-7H,3-4,8H2,1-2,12H3. The first-order valence-electron chi connectivity index (χ1n) is 4.70. The smallest absolute Gasteiger partial charge is 0.147 e.